The van der Waals surface area contributed by atoms with Gasteiger partial charge < -0.3 is 13.8 Å². The van der Waals surface area contributed by atoms with Crippen molar-refractivity contribution in [1.82, 2.24) is 4.48 Å². The van der Waals surface area contributed by atoms with Gasteiger partial charge in [0.2, 0.25) is 0 Å². The summed E-state index contributed by atoms with van der Waals surface area (Å²) in [5, 5.41) is 6.35. The number of furan rings is 1. The summed E-state index contributed by atoms with van der Waals surface area (Å²) in [6.07, 6.45) is 2.36. The minimum absolute atomic E-state index is 0.0582. The molecule has 0 radical (unpaired) electrons. The SMILES string of the molecule is Cc1cc2c(cc1N1c3ccc4c(c3B3c5c1cc1c(oc6ccccc61)c5-c1cccc5c6c7ccccc7sc6n3c15)C(C)(C)c1ccccc1-4)C(C)(C)CCC2(C)C. The fourth-order valence-electron chi connectivity index (χ4n) is 12.7. The monoisotopic (exact) mass is 804 g/mol. The van der Waals surface area contributed by atoms with Crippen molar-refractivity contribution in [1.29, 1.82) is 0 Å². The van der Waals surface area contributed by atoms with Crippen LogP contribution in [0.1, 0.15) is 82.2 Å². The van der Waals surface area contributed by atoms with E-state index in [4.69, 9.17) is 4.42 Å². The molecule has 61 heavy (non-hydrogen) atoms. The van der Waals surface area contributed by atoms with Gasteiger partial charge in [-0.05, 0) is 111 Å². The number of anilines is 3. The number of rotatable bonds is 1. The van der Waals surface area contributed by atoms with Crippen LogP contribution in [0.5, 0.6) is 0 Å². The molecular weight excluding hydrogens is 760 g/mol. The van der Waals surface area contributed by atoms with E-state index in [-0.39, 0.29) is 23.1 Å². The molecule has 0 amide bonds. The Morgan fingerprint density at radius 1 is 0.590 bits per heavy atom. The van der Waals surface area contributed by atoms with Crippen LogP contribution in [0.3, 0.4) is 0 Å². The van der Waals surface area contributed by atoms with E-state index in [0.29, 0.717) is 0 Å². The molecule has 7 aromatic carbocycles. The number of aryl methyl sites for hydroxylation is 1. The van der Waals surface area contributed by atoms with Crippen LogP contribution < -0.4 is 15.8 Å². The van der Waals surface area contributed by atoms with Crippen molar-refractivity contribution in [2.45, 2.75) is 77.6 Å². The Bertz CT molecular complexity index is 3670. The van der Waals surface area contributed by atoms with Crippen LogP contribution in [0.2, 0.25) is 0 Å². The first kappa shape index (κ1) is 34.7. The molecule has 0 bridgehead atoms. The zero-order valence-corrected chi connectivity index (χ0v) is 36.6. The molecule has 0 saturated heterocycles. The van der Waals surface area contributed by atoms with Gasteiger partial charge in [0.25, 0.3) is 0 Å². The van der Waals surface area contributed by atoms with Gasteiger partial charge in [-0.25, -0.2) is 0 Å². The average molecular weight is 805 g/mol. The summed E-state index contributed by atoms with van der Waals surface area (Å²) in [6.45, 7) is 17.0. The van der Waals surface area contributed by atoms with E-state index in [2.05, 4.69) is 179 Å². The van der Waals surface area contributed by atoms with E-state index in [1.165, 1.54) is 127 Å². The molecule has 0 spiro atoms. The van der Waals surface area contributed by atoms with E-state index in [1.54, 1.807) is 0 Å². The van der Waals surface area contributed by atoms with Gasteiger partial charge in [-0.2, -0.15) is 0 Å². The van der Waals surface area contributed by atoms with E-state index in [0.717, 1.165) is 16.6 Å². The summed E-state index contributed by atoms with van der Waals surface area (Å²) in [6, 6.07) is 46.4. The first-order valence-electron chi connectivity index (χ1n) is 22.1. The third-order valence-corrected chi connectivity index (χ3v) is 16.9. The highest BCUT2D eigenvalue weighted by Gasteiger charge is 2.50. The predicted molar refractivity (Wildman–Crippen MR) is 260 cm³/mol. The molecule has 2 aliphatic carbocycles. The molecule has 0 unspecified atom stereocenters. The Morgan fingerprint density at radius 2 is 1.30 bits per heavy atom. The third kappa shape index (κ3) is 4.08. The fraction of sp³-hybridized carbons (Fsp3) is 0.214. The minimum Gasteiger partial charge on any atom is -0.455 e. The number of benzene rings is 7. The molecule has 0 atom stereocenters. The summed E-state index contributed by atoms with van der Waals surface area (Å²) in [5.41, 5.74) is 22.1. The largest absolute Gasteiger partial charge is 0.455 e. The maximum Gasteiger partial charge on any atom is 0.334 e. The second-order valence-electron chi connectivity index (χ2n) is 20.3. The van der Waals surface area contributed by atoms with Gasteiger partial charge in [0.15, 0.2) is 0 Å². The first-order chi connectivity index (χ1) is 29.4. The lowest BCUT2D eigenvalue weighted by Crippen LogP contribution is -2.58. The van der Waals surface area contributed by atoms with Gasteiger partial charge >= 0.3 is 6.85 Å². The van der Waals surface area contributed by atoms with Crippen LogP contribution in [-0.4, -0.2) is 11.3 Å². The van der Waals surface area contributed by atoms with Gasteiger partial charge in [-0.3, -0.25) is 0 Å². The molecule has 2 aliphatic heterocycles. The lowest BCUT2D eigenvalue weighted by Gasteiger charge is -2.45. The summed E-state index contributed by atoms with van der Waals surface area (Å²) in [4.78, 5) is 4.03. The molecule has 10 aromatic rings. The van der Waals surface area contributed by atoms with Crippen molar-refractivity contribution >= 4 is 99.3 Å². The molecule has 5 heteroatoms. The van der Waals surface area contributed by atoms with Gasteiger partial charge in [-0.1, -0.05) is 133 Å². The lowest BCUT2D eigenvalue weighted by atomic mass is 9.43. The number of nitrogens with zero attached hydrogens (tertiary/aromatic N) is 2. The van der Waals surface area contributed by atoms with Crippen molar-refractivity contribution in [3.63, 3.8) is 0 Å². The highest BCUT2D eigenvalue weighted by atomic mass is 32.1. The van der Waals surface area contributed by atoms with Gasteiger partial charge in [-0.15, -0.1) is 11.3 Å². The number of hydrogen-bond acceptors (Lipinski definition) is 3. The smallest absolute Gasteiger partial charge is 0.334 e. The molecule has 4 aliphatic rings. The second kappa shape index (κ2) is 11.1. The number of para-hydroxylation sites is 2. The average Bonchev–Trinajstić information content (AvgIpc) is 3.98. The number of hydrogen-bond donors (Lipinski definition) is 0. The Hall–Kier alpha value is -6.04. The van der Waals surface area contributed by atoms with E-state index in [1.807, 2.05) is 11.3 Å². The summed E-state index contributed by atoms with van der Waals surface area (Å²) < 4.78 is 11.2. The summed E-state index contributed by atoms with van der Waals surface area (Å²) in [5.74, 6) is 0. The number of aromatic nitrogens is 1. The second-order valence-corrected chi connectivity index (χ2v) is 21.3. The minimum atomic E-state index is -0.233. The first-order valence-corrected chi connectivity index (χ1v) is 22.9. The highest BCUT2D eigenvalue weighted by Crippen LogP contribution is 2.56. The van der Waals surface area contributed by atoms with E-state index >= 15 is 0 Å². The van der Waals surface area contributed by atoms with Crippen LogP contribution in [0.25, 0.3) is 75.4 Å². The van der Waals surface area contributed by atoms with Crippen molar-refractivity contribution in [3.8, 4) is 22.3 Å². The molecule has 0 saturated carbocycles. The Balaban J connectivity index is 1.21. The van der Waals surface area contributed by atoms with Crippen LogP contribution >= 0.6 is 11.3 Å². The summed E-state index contributed by atoms with van der Waals surface area (Å²) >= 11 is 1.95. The maximum absolute atomic E-state index is 7.13. The maximum atomic E-state index is 7.13. The molecule has 5 heterocycles. The van der Waals surface area contributed by atoms with Crippen molar-refractivity contribution < 1.29 is 4.42 Å². The van der Waals surface area contributed by atoms with Crippen molar-refractivity contribution in [2.24, 2.45) is 0 Å². The molecule has 0 fully saturated rings. The van der Waals surface area contributed by atoms with Gasteiger partial charge in [0.1, 0.15) is 11.2 Å². The van der Waals surface area contributed by atoms with Gasteiger partial charge in [0, 0.05) is 70.8 Å². The Kier molecular flexibility index (Phi) is 6.29. The van der Waals surface area contributed by atoms with E-state index in [9.17, 15) is 0 Å². The molecule has 3 nitrogen and oxygen atoms in total. The zero-order valence-electron chi connectivity index (χ0n) is 35.7. The normalized spacial score (nSPS) is 17.3. The third-order valence-electron chi connectivity index (χ3n) is 15.7. The van der Waals surface area contributed by atoms with Crippen LogP contribution in [0.4, 0.5) is 17.1 Å². The number of thiophene rings is 1. The van der Waals surface area contributed by atoms with Crippen LogP contribution in [-0.2, 0) is 16.2 Å². The van der Waals surface area contributed by atoms with Crippen molar-refractivity contribution in [2.75, 3.05) is 4.90 Å². The predicted octanol–water partition coefficient (Wildman–Crippen LogP) is 14.3. The molecule has 0 N–H and O–H groups in total. The Labute approximate surface area is 360 Å². The van der Waals surface area contributed by atoms with Crippen LogP contribution in [0.15, 0.2) is 126 Å². The van der Waals surface area contributed by atoms with Crippen molar-refractivity contribution in [3.05, 3.63) is 149 Å². The standard InChI is InChI=1S/C56H45BN2OS/c1-30-27-39-40(55(4,5)26-25-54(39,2)3)29-42(30)58-41-24-23-33-31-15-8-11-20-38(31)56(6,7)48(33)50(41)57-49-43(58)28-37-32-16-9-12-21-44(32)60-52(37)47(49)36-19-14-18-35-46-34-17-10-13-22-45(34)61-53(46)59(57)51(35)36/h8-24,27-29H,25-26H2,1-7H3. The fourth-order valence-corrected chi connectivity index (χ4v) is 14.0. The Morgan fingerprint density at radius 3 is 2.13 bits per heavy atom. The van der Waals surface area contributed by atoms with E-state index < -0.39 is 0 Å². The molecule has 3 aromatic heterocycles. The molecule has 294 valence electrons. The zero-order chi connectivity index (χ0) is 41.1. The number of fused-ring (bicyclic) bond motifs is 18. The van der Waals surface area contributed by atoms with Crippen LogP contribution in [0, 0.1) is 6.92 Å². The molecule has 14 rings (SSSR count). The quantitative estimate of drug-likeness (QED) is 0.154. The molecular formula is C56H45BN2OS. The van der Waals surface area contributed by atoms with Gasteiger partial charge in [0.05, 0.1) is 4.83 Å². The highest BCUT2D eigenvalue weighted by molar-refractivity contribution is 7.26. The topological polar surface area (TPSA) is 21.3 Å². The lowest BCUT2D eigenvalue weighted by molar-refractivity contribution is 0.332. The summed E-state index contributed by atoms with van der Waals surface area (Å²) in [7, 11) is 0.